The summed E-state index contributed by atoms with van der Waals surface area (Å²) in [6.45, 7) is 1.03. The summed E-state index contributed by atoms with van der Waals surface area (Å²) in [5, 5.41) is 3.32. The summed E-state index contributed by atoms with van der Waals surface area (Å²) in [4.78, 5) is 0. The van der Waals surface area contributed by atoms with Crippen LogP contribution in [0.25, 0.3) is 0 Å². The lowest BCUT2D eigenvalue weighted by Gasteiger charge is -2.29. The molecule has 2 aliphatic rings. The van der Waals surface area contributed by atoms with Crippen molar-refractivity contribution in [2.45, 2.75) is 57.2 Å². The summed E-state index contributed by atoms with van der Waals surface area (Å²) in [5.74, 6) is 0.371. The topological polar surface area (TPSA) is 12.0 Å². The van der Waals surface area contributed by atoms with Gasteiger partial charge in [0.15, 0.2) is 0 Å². The van der Waals surface area contributed by atoms with Crippen molar-refractivity contribution in [3.8, 4) is 0 Å². The molecule has 1 aliphatic heterocycles. The molecule has 1 aliphatic carbocycles. The van der Waals surface area contributed by atoms with Crippen molar-refractivity contribution in [2.24, 2.45) is 5.92 Å². The second kappa shape index (κ2) is 5.92. The summed E-state index contributed by atoms with van der Waals surface area (Å²) < 4.78 is 13.9. The van der Waals surface area contributed by atoms with Crippen molar-refractivity contribution >= 4 is 12.4 Å². The van der Waals surface area contributed by atoms with Gasteiger partial charge in [-0.2, -0.15) is 0 Å². The lowest BCUT2D eigenvalue weighted by atomic mass is 9.91. The van der Waals surface area contributed by atoms with Crippen LogP contribution in [0, 0.1) is 5.92 Å². The molecule has 0 amide bonds. The highest BCUT2D eigenvalue weighted by molar-refractivity contribution is 5.85. The Morgan fingerprint density at radius 2 is 1.64 bits per heavy atom. The molecule has 14 heavy (non-hydrogen) atoms. The summed E-state index contributed by atoms with van der Waals surface area (Å²) in [5.41, 5.74) is 0. The van der Waals surface area contributed by atoms with Gasteiger partial charge in [0.2, 0.25) is 0 Å². The third-order valence-corrected chi connectivity index (χ3v) is 3.58. The first-order valence-corrected chi connectivity index (χ1v) is 5.75. The van der Waals surface area contributed by atoms with E-state index in [2.05, 4.69) is 5.32 Å². The fraction of sp³-hybridized carbons (Fsp3) is 1.00. The molecule has 84 valence electrons. The monoisotopic (exact) mass is 221 g/mol. The highest BCUT2D eigenvalue weighted by Crippen LogP contribution is 2.32. The van der Waals surface area contributed by atoms with Crippen LogP contribution in [-0.2, 0) is 0 Å². The zero-order chi connectivity index (χ0) is 9.10. The molecule has 2 unspecified atom stereocenters. The normalized spacial score (nSPS) is 31.1. The Labute approximate surface area is 92.2 Å². The zero-order valence-corrected chi connectivity index (χ0v) is 9.49. The predicted molar refractivity (Wildman–Crippen MR) is 59.7 cm³/mol. The Balaban J connectivity index is 0.000000980. The highest BCUT2D eigenvalue weighted by Gasteiger charge is 2.31. The Hall–Kier alpha value is 0.180. The highest BCUT2D eigenvalue weighted by atomic mass is 35.5. The quantitative estimate of drug-likeness (QED) is 0.756. The molecule has 0 aromatic heterocycles. The summed E-state index contributed by atoms with van der Waals surface area (Å²) in [6.07, 6.45) is 7.67. The van der Waals surface area contributed by atoms with Crippen molar-refractivity contribution in [3.05, 3.63) is 0 Å². The molecular weight excluding hydrogens is 201 g/mol. The van der Waals surface area contributed by atoms with Gasteiger partial charge in [0, 0.05) is 6.04 Å². The number of alkyl halides is 1. The minimum absolute atomic E-state index is 0. The molecule has 0 bridgehead atoms. The van der Waals surface area contributed by atoms with Crippen molar-refractivity contribution in [1.82, 2.24) is 5.32 Å². The van der Waals surface area contributed by atoms with Crippen LogP contribution in [-0.4, -0.2) is 18.8 Å². The molecule has 1 heterocycles. The lowest BCUT2D eigenvalue weighted by molar-refractivity contribution is 0.152. The average Bonchev–Trinajstić information content (AvgIpc) is 2.71. The van der Waals surface area contributed by atoms with Gasteiger partial charge in [0.1, 0.15) is 6.17 Å². The SMILES string of the molecule is Cl.FC(C1CCCC1)C1CCCCN1. The van der Waals surface area contributed by atoms with Crippen LogP contribution in [0.15, 0.2) is 0 Å². The van der Waals surface area contributed by atoms with Gasteiger partial charge in [-0.25, -0.2) is 4.39 Å². The standard InChI is InChI=1S/C11H20FN.ClH/c12-11(9-5-1-2-6-9)10-7-3-4-8-13-10;/h9-11,13H,1-8H2;1H. The summed E-state index contributed by atoms with van der Waals surface area (Å²) >= 11 is 0. The lowest BCUT2D eigenvalue weighted by Crippen LogP contribution is -2.43. The molecule has 1 saturated heterocycles. The molecule has 1 N–H and O–H groups in total. The van der Waals surface area contributed by atoms with E-state index in [9.17, 15) is 4.39 Å². The number of nitrogens with one attached hydrogen (secondary N) is 1. The first-order valence-electron chi connectivity index (χ1n) is 5.75. The Bertz CT molecular complexity index is 153. The van der Waals surface area contributed by atoms with Gasteiger partial charge in [0.25, 0.3) is 0 Å². The molecule has 0 radical (unpaired) electrons. The average molecular weight is 222 g/mol. The van der Waals surface area contributed by atoms with E-state index in [0.717, 1.165) is 25.8 Å². The molecule has 0 spiro atoms. The maximum Gasteiger partial charge on any atom is 0.118 e. The Morgan fingerprint density at radius 1 is 1.00 bits per heavy atom. The molecule has 0 aromatic carbocycles. The van der Waals surface area contributed by atoms with E-state index in [-0.39, 0.29) is 18.4 Å². The number of piperidine rings is 1. The van der Waals surface area contributed by atoms with E-state index in [1.807, 2.05) is 0 Å². The van der Waals surface area contributed by atoms with Gasteiger partial charge in [-0.05, 0) is 38.1 Å². The van der Waals surface area contributed by atoms with Crippen LogP contribution in [0.5, 0.6) is 0 Å². The van der Waals surface area contributed by atoms with Crippen LogP contribution in [0.4, 0.5) is 4.39 Å². The van der Waals surface area contributed by atoms with Crippen molar-refractivity contribution in [2.75, 3.05) is 6.54 Å². The van der Waals surface area contributed by atoms with Crippen molar-refractivity contribution in [3.63, 3.8) is 0 Å². The van der Waals surface area contributed by atoms with Crippen LogP contribution < -0.4 is 5.32 Å². The van der Waals surface area contributed by atoms with Crippen LogP contribution in [0.3, 0.4) is 0 Å². The minimum atomic E-state index is -0.567. The maximum absolute atomic E-state index is 13.9. The van der Waals surface area contributed by atoms with E-state index in [1.54, 1.807) is 0 Å². The van der Waals surface area contributed by atoms with Gasteiger partial charge in [-0.1, -0.05) is 19.3 Å². The Morgan fingerprint density at radius 3 is 2.21 bits per heavy atom. The van der Waals surface area contributed by atoms with Crippen LogP contribution >= 0.6 is 12.4 Å². The second-order valence-electron chi connectivity index (χ2n) is 4.55. The van der Waals surface area contributed by atoms with Crippen LogP contribution in [0.1, 0.15) is 44.9 Å². The molecule has 1 nitrogen and oxygen atoms in total. The van der Waals surface area contributed by atoms with Gasteiger partial charge < -0.3 is 5.32 Å². The van der Waals surface area contributed by atoms with Crippen molar-refractivity contribution in [1.29, 1.82) is 0 Å². The fourth-order valence-corrected chi connectivity index (χ4v) is 2.75. The molecule has 2 atom stereocenters. The van der Waals surface area contributed by atoms with E-state index in [0.29, 0.717) is 5.92 Å². The van der Waals surface area contributed by atoms with Gasteiger partial charge >= 0.3 is 0 Å². The van der Waals surface area contributed by atoms with Gasteiger partial charge in [0.05, 0.1) is 0 Å². The largest absolute Gasteiger partial charge is 0.311 e. The number of halogens is 2. The fourth-order valence-electron chi connectivity index (χ4n) is 2.75. The smallest absolute Gasteiger partial charge is 0.118 e. The van der Waals surface area contributed by atoms with Gasteiger partial charge in [-0.15, -0.1) is 12.4 Å². The molecule has 0 aromatic rings. The predicted octanol–water partition coefficient (Wildman–Crippen LogP) is 3.08. The summed E-state index contributed by atoms with van der Waals surface area (Å²) in [6, 6.07) is 0.178. The Kier molecular flexibility index (Phi) is 5.18. The van der Waals surface area contributed by atoms with E-state index in [1.165, 1.54) is 25.7 Å². The minimum Gasteiger partial charge on any atom is -0.311 e. The molecule has 2 rings (SSSR count). The molecule has 3 heteroatoms. The zero-order valence-electron chi connectivity index (χ0n) is 8.68. The van der Waals surface area contributed by atoms with E-state index in [4.69, 9.17) is 0 Å². The van der Waals surface area contributed by atoms with Gasteiger partial charge in [-0.3, -0.25) is 0 Å². The van der Waals surface area contributed by atoms with E-state index < -0.39 is 6.17 Å². The first kappa shape index (κ1) is 12.3. The van der Waals surface area contributed by atoms with Crippen molar-refractivity contribution < 1.29 is 4.39 Å². The molecule has 2 fully saturated rings. The molecular formula is C11H21ClFN. The number of hydrogen-bond donors (Lipinski definition) is 1. The number of rotatable bonds is 2. The molecule has 1 saturated carbocycles. The first-order chi connectivity index (χ1) is 6.38. The number of hydrogen-bond acceptors (Lipinski definition) is 1. The third-order valence-electron chi connectivity index (χ3n) is 3.58. The second-order valence-corrected chi connectivity index (χ2v) is 4.55. The maximum atomic E-state index is 13.9. The third kappa shape index (κ3) is 2.83. The van der Waals surface area contributed by atoms with E-state index >= 15 is 0 Å². The summed E-state index contributed by atoms with van der Waals surface area (Å²) in [7, 11) is 0. The van der Waals surface area contributed by atoms with Crippen LogP contribution in [0.2, 0.25) is 0 Å².